The first-order valence-corrected chi connectivity index (χ1v) is 33.0. The molecule has 0 radical (unpaired) electrons. The summed E-state index contributed by atoms with van der Waals surface area (Å²) in [7, 11) is 0. The Hall–Kier alpha value is -10.3. The van der Waals surface area contributed by atoms with Gasteiger partial charge in [-0.1, -0.05) is 66.8 Å². The van der Waals surface area contributed by atoms with Crippen molar-refractivity contribution in [2.75, 3.05) is 193 Å². The maximum Gasteiger partial charge on any atom is 0.333 e. The van der Waals surface area contributed by atoms with Crippen LogP contribution in [0.1, 0.15) is 60.8 Å². The molecule has 2 heterocycles. The SMILES string of the molecule is C=C(C)C(=O)OCCOCN(CC(=O)NCCC)c1nc(N(COCCOC(=O)C(=C)C)CC(=O)NCCC)nc(N(COCCOC(=O)C(=C)C)CC(=O)NCCC)n1.C=CC(=O)OCCOCN=C1NC(N(COCCOC(=O)C=C)COCCOC(=O)C=C)=NC(N)(COCCOC(=O)C=C)N1. The summed E-state index contributed by atoms with van der Waals surface area (Å²) in [5.41, 5.74) is 7.11. The van der Waals surface area contributed by atoms with Gasteiger partial charge in [0.05, 0.1) is 46.2 Å². The normalized spacial score (nSPS) is 12.9. The third-order valence-electron chi connectivity index (χ3n) is 12.2. The summed E-state index contributed by atoms with van der Waals surface area (Å²) in [5.74, 6) is -7.05. The molecule has 39 nitrogen and oxygen atoms in total. The first-order valence-electron chi connectivity index (χ1n) is 33.0. The quantitative estimate of drug-likeness (QED) is 0.0162. The van der Waals surface area contributed by atoms with E-state index in [0.29, 0.717) is 38.9 Å². The first-order chi connectivity index (χ1) is 50.3. The molecule has 0 saturated carbocycles. The molecule has 1 unspecified atom stereocenters. The number of nitrogens with two attached hydrogens (primary N) is 1. The van der Waals surface area contributed by atoms with Crippen LogP contribution in [0.15, 0.2) is 97.1 Å². The van der Waals surface area contributed by atoms with Crippen molar-refractivity contribution in [3.05, 3.63) is 87.1 Å². The third kappa shape index (κ3) is 44.1. The van der Waals surface area contributed by atoms with Gasteiger partial charge >= 0.3 is 41.8 Å². The van der Waals surface area contributed by atoms with Gasteiger partial charge in [-0.05, 0) is 40.0 Å². The van der Waals surface area contributed by atoms with Crippen LogP contribution in [0.5, 0.6) is 0 Å². The van der Waals surface area contributed by atoms with Crippen molar-refractivity contribution in [2.24, 2.45) is 15.7 Å². The molecule has 2 rings (SSSR count). The highest BCUT2D eigenvalue weighted by molar-refractivity contribution is 6.01. The standard InChI is InChI=1S/C39H63N9O12.C27H40N6O12/c1-10-13-40-31(49)22-46(25-55-16-19-58-34(52)28(4)5)37-43-38(47(23-32(50)41-14-11-2)26-56-17-20-59-35(53)29(6)7)45-39(44-37)48(24-33(51)42-15-12-3)27-57-18-21-60-36(54)30(8)9;1-5-21(34)42-13-9-38-17-27(28)31-25(29-18-39-10-14-43-22(35)6-2)30-26(32-27)33(19-40-11-15-44-23(36)7-3)20-41-12-16-45-24(37)8-4/h4,6,8,10-27H2,1-3,5,7,9H3,(H,40,49)(H,41,50)(H,42,51);5-8H,1-4,9-20,28H2,(H2,29,30,31,32). The lowest BCUT2D eigenvalue weighted by molar-refractivity contribution is -0.141. The molecule has 0 bridgehead atoms. The lowest BCUT2D eigenvalue weighted by Crippen LogP contribution is -2.68. The molecule has 1 aromatic rings. The van der Waals surface area contributed by atoms with Crippen LogP contribution in [0.4, 0.5) is 17.8 Å². The number of aromatic nitrogens is 3. The van der Waals surface area contributed by atoms with Gasteiger partial charge in [0.25, 0.3) is 0 Å². The second-order valence-electron chi connectivity index (χ2n) is 21.5. The summed E-state index contributed by atoms with van der Waals surface area (Å²) in [4.78, 5) is 149. The van der Waals surface area contributed by atoms with Crippen molar-refractivity contribution in [1.29, 1.82) is 0 Å². The van der Waals surface area contributed by atoms with Crippen LogP contribution in [0.25, 0.3) is 0 Å². The topological polar surface area (TPSA) is 462 Å². The zero-order valence-corrected chi connectivity index (χ0v) is 60.9. The number of ether oxygens (including phenoxy) is 14. The molecule has 1 aliphatic rings. The number of amides is 3. The molecule has 7 N–H and O–H groups in total. The number of nitrogens with zero attached hydrogens (tertiary/aromatic N) is 9. The van der Waals surface area contributed by atoms with Gasteiger partial charge in [0.1, 0.15) is 113 Å². The molecule has 0 aliphatic carbocycles. The van der Waals surface area contributed by atoms with E-state index >= 15 is 0 Å². The fraction of sp³-hybridized carbons (Fsp3) is 0.561. The summed E-state index contributed by atoms with van der Waals surface area (Å²) >= 11 is 0. The van der Waals surface area contributed by atoms with E-state index in [-0.39, 0.29) is 206 Å². The molecular weight excluding hydrogens is 1390 g/mol. The predicted octanol–water partition coefficient (Wildman–Crippen LogP) is -0.189. The highest BCUT2D eigenvalue weighted by Gasteiger charge is 2.34. The van der Waals surface area contributed by atoms with E-state index in [1.54, 1.807) is 0 Å². The Morgan fingerprint density at radius 2 is 0.724 bits per heavy atom. The smallest absolute Gasteiger partial charge is 0.333 e. The third-order valence-corrected chi connectivity index (χ3v) is 12.2. The molecule has 3 amide bonds. The number of hydrogen-bond acceptors (Lipinski definition) is 34. The van der Waals surface area contributed by atoms with Crippen molar-refractivity contribution < 1.29 is 114 Å². The molecule has 1 atom stereocenters. The van der Waals surface area contributed by atoms with E-state index in [0.717, 1.165) is 24.3 Å². The zero-order valence-electron chi connectivity index (χ0n) is 60.9. The van der Waals surface area contributed by atoms with Gasteiger partial charge in [0, 0.05) is 60.7 Å². The molecule has 0 saturated heterocycles. The highest BCUT2D eigenvalue weighted by Crippen LogP contribution is 2.21. The second kappa shape index (κ2) is 56.2. The van der Waals surface area contributed by atoms with Gasteiger partial charge < -0.3 is 102 Å². The molecule has 1 aliphatic heterocycles. The van der Waals surface area contributed by atoms with E-state index in [4.69, 9.17) is 72.0 Å². The fourth-order valence-electron chi connectivity index (χ4n) is 7.08. The van der Waals surface area contributed by atoms with E-state index in [9.17, 15) is 47.9 Å². The van der Waals surface area contributed by atoms with Gasteiger partial charge in [0.15, 0.2) is 0 Å². The molecule has 1 aromatic heterocycles. The van der Waals surface area contributed by atoms with Crippen LogP contribution in [0.3, 0.4) is 0 Å². The Morgan fingerprint density at radius 1 is 0.438 bits per heavy atom. The number of anilines is 3. The van der Waals surface area contributed by atoms with Crippen LogP contribution in [0, 0.1) is 0 Å². The summed E-state index contributed by atoms with van der Waals surface area (Å²) in [6.45, 7) is 32.3. The number of aliphatic imine (C=N–C) groups is 2. The van der Waals surface area contributed by atoms with Crippen molar-refractivity contribution in [1.82, 2.24) is 46.4 Å². The van der Waals surface area contributed by atoms with Crippen LogP contribution >= 0.6 is 0 Å². The number of hydrogen-bond donors (Lipinski definition) is 6. The van der Waals surface area contributed by atoms with E-state index in [1.165, 1.54) is 40.4 Å². The Bertz CT molecular complexity index is 2840. The minimum atomic E-state index is -1.58. The first kappa shape index (κ1) is 92.7. The monoisotopic (exact) mass is 1490 g/mol. The zero-order chi connectivity index (χ0) is 78.2. The maximum absolute atomic E-state index is 13.1. The largest absolute Gasteiger partial charge is 0.460 e. The molecule has 105 heavy (non-hydrogen) atoms. The minimum absolute atomic E-state index is 0.000300. The molecule has 0 aromatic carbocycles. The van der Waals surface area contributed by atoms with Crippen LogP contribution in [-0.2, 0) is 114 Å². The second-order valence-corrected chi connectivity index (χ2v) is 21.5. The Kier molecular flexibility index (Phi) is 49.6. The number of rotatable bonds is 57. The lowest BCUT2D eigenvalue weighted by Gasteiger charge is -2.37. The van der Waals surface area contributed by atoms with Gasteiger partial charge in [0.2, 0.25) is 53.3 Å². The van der Waals surface area contributed by atoms with Crippen molar-refractivity contribution in [2.45, 2.75) is 66.6 Å². The van der Waals surface area contributed by atoms with Crippen molar-refractivity contribution >= 4 is 89.3 Å². The number of nitrogens with one attached hydrogen (secondary N) is 5. The average molecular weight is 1490 g/mol. The predicted molar refractivity (Wildman–Crippen MR) is 379 cm³/mol. The molecule has 0 fully saturated rings. The Labute approximate surface area is 610 Å². The van der Waals surface area contributed by atoms with Gasteiger partial charge in [-0.2, -0.15) is 15.0 Å². The fourth-order valence-corrected chi connectivity index (χ4v) is 7.08. The number of carbonyl (C=O) groups is 10. The van der Waals surface area contributed by atoms with Gasteiger partial charge in [-0.15, -0.1) is 0 Å². The summed E-state index contributed by atoms with van der Waals surface area (Å²) in [6, 6.07) is 0. The van der Waals surface area contributed by atoms with E-state index in [2.05, 4.69) is 97.6 Å². The van der Waals surface area contributed by atoms with E-state index < -0.39 is 65.3 Å². The van der Waals surface area contributed by atoms with Crippen LogP contribution in [0.2, 0.25) is 0 Å². The molecular formula is C66H103N15O24. The summed E-state index contributed by atoms with van der Waals surface area (Å²) < 4.78 is 74.5. The molecule has 0 spiro atoms. The maximum atomic E-state index is 13.1. The number of esters is 7. The summed E-state index contributed by atoms with van der Waals surface area (Å²) in [6.07, 6.45) is 6.10. The molecule has 586 valence electrons. The number of guanidine groups is 2. The highest BCUT2D eigenvalue weighted by atomic mass is 16.6. The minimum Gasteiger partial charge on any atom is -0.460 e. The number of carbonyl (C=O) groups excluding carboxylic acids is 10. The van der Waals surface area contributed by atoms with Crippen LogP contribution < -0.4 is 47.0 Å². The Balaban J connectivity index is 0.00000109. The van der Waals surface area contributed by atoms with Gasteiger partial charge in [-0.25, -0.2) is 43.5 Å². The van der Waals surface area contributed by atoms with Gasteiger partial charge in [-0.3, -0.25) is 30.3 Å². The average Bonchev–Trinajstić information content (AvgIpc) is 0.817. The lowest BCUT2D eigenvalue weighted by atomic mass is 10.3. The van der Waals surface area contributed by atoms with Crippen LogP contribution in [-0.4, -0.2) is 276 Å². The Morgan fingerprint density at radius 3 is 1.02 bits per heavy atom. The van der Waals surface area contributed by atoms with E-state index in [1.807, 2.05) is 20.8 Å². The molecule has 39 heteroatoms. The van der Waals surface area contributed by atoms with Crippen molar-refractivity contribution in [3.8, 4) is 0 Å². The summed E-state index contributed by atoms with van der Waals surface area (Å²) in [5, 5.41) is 14.2. The van der Waals surface area contributed by atoms with Crippen molar-refractivity contribution in [3.63, 3.8) is 0 Å².